The van der Waals surface area contributed by atoms with E-state index in [0.717, 1.165) is 50.0 Å². The van der Waals surface area contributed by atoms with Gasteiger partial charge in [0.05, 0.1) is 16.8 Å². The Hall–Kier alpha value is -7.16. The first kappa shape index (κ1) is 31.6. The zero-order valence-corrected chi connectivity index (χ0v) is 29.6. The molecule has 10 aromatic rings. The van der Waals surface area contributed by atoms with Crippen LogP contribution in [-0.4, -0.2) is 0 Å². The van der Waals surface area contributed by atoms with E-state index in [4.69, 9.17) is 4.42 Å². The van der Waals surface area contributed by atoms with E-state index >= 15 is 0 Å². The Labute approximate surface area is 314 Å². The first-order valence-electron chi connectivity index (χ1n) is 18.4. The lowest BCUT2D eigenvalue weighted by Crippen LogP contribution is -2.11. The summed E-state index contributed by atoms with van der Waals surface area (Å²) < 4.78 is 6.86. The fourth-order valence-corrected chi connectivity index (χ4v) is 8.00. The van der Waals surface area contributed by atoms with E-state index in [0.29, 0.717) is 0 Å². The first-order chi connectivity index (χ1) is 26.8. The molecule has 2 heteroatoms. The number of fused-ring (bicyclic) bond motifs is 5. The molecule has 0 unspecified atom stereocenters. The number of furan rings is 1. The van der Waals surface area contributed by atoms with Crippen LogP contribution in [0.1, 0.15) is 0 Å². The molecule has 0 aliphatic carbocycles. The molecule has 0 aliphatic heterocycles. The number of nitrogens with zero attached hydrogens (tertiary/aromatic N) is 1. The predicted molar refractivity (Wildman–Crippen MR) is 228 cm³/mol. The molecule has 0 radical (unpaired) electrons. The van der Waals surface area contributed by atoms with E-state index in [2.05, 4.69) is 217 Å². The van der Waals surface area contributed by atoms with E-state index < -0.39 is 0 Å². The normalized spacial score (nSPS) is 11.3. The van der Waals surface area contributed by atoms with Crippen LogP contribution in [0.2, 0.25) is 0 Å². The van der Waals surface area contributed by atoms with Crippen LogP contribution in [0.5, 0.6) is 0 Å². The maximum Gasteiger partial charge on any atom is 0.143 e. The van der Waals surface area contributed by atoms with E-state index in [1.807, 2.05) is 0 Å². The van der Waals surface area contributed by atoms with Gasteiger partial charge in [-0.25, -0.2) is 0 Å². The quantitative estimate of drug-likeness (QED) is 0.166. The second-order valence-electron chi connectivity index (χ2n) is 13.6. The maximum atomic E-state index is 6.86. The molecule has 10 rings (SSSR count). The van der Waals surface area contributed by atoms with Gasteiger partial charge in [0.15, 0.2) is 0 Å². The Kier molecular flexibility index (Phi) is 7.85. The standard InChI is InChI=1S/C52H35NO/c1-4-17-36(18-5-1)37-31-33-40(34-32-37)53(48-28-15-14-26-44(48)42-24-11-10-23-41(42)38-19-6-2-7-20-38)49-29-16-30-50-51(49)47-35-46(39-21-8-3-9-22-39)43-25-12-13-27-45(43)52(47)54-50/h1-35H. The summed E-state index contributed by atoms with van der Waals surface area (Å²) in [6, 6.07) is 75.7. The van der Waals surface area contributed by atoms with Crippen LogP contribution in [0.25, 0.3) is 77.2 Å². The number of para-hydroxylation sites is 1. The summed E-state index contributed by atoms with van der Waals surface area (Å²) in [5.41, 5.74) is 14.4. The number of hydrogen-bond acceptors (Lipinski definition) is 2. The molecule has 0 aliphatic rings. The molecule has 0 amide bonds. The summed E-state index contributed by atoms with van der Waals surface area (Å²) in [6.07, 6.45) is 0. The van der Waals surface area contributed by atoms with Gasteiger partial charge in [-0.1, -0.05) is 176 Å². The Morgan fingerprint density at radius 1 is 0.315 bits per heavy atom. The first-order valence-corrected chi connectivity index (χ1v) is 18.4. The van der Waals surface area contributed by atoms with E-state index in [1.165, 1.54) is 44.3 Å². The van der Waals surface area contributed by atoms with E-state index in [9.17, 15) is 0 Å². The SMILES string of the molecule is c1ccc(-c2ccc(N(c3ccccc3-c3ccccc3-c3ccccc3)c3cccc4oc5c6ccccc6c(-c6ccccc6)cc5c34)cc2)cc1. The van der Waals surface area contributed by atoms with Gasteiger partial charge in [0.2, 0.25) is 0 Å². The molecule has 54 heavy (non-hydrogen) atoms. The fourth-order valence-electron chi connectivity index (χ4n) is 8.00. The fraction of sp³-hybridized carbons (Fsp3) is 0. The summed E-state index contributed by atoms with van der Waals surface area (Å²) in [6.45, 7) is 0. The van der Waals surface area contributed by atoms with E-state index in [1.54, 1.807) is 0 Å². The van der Waals surface area contributed by atoms with Gasteiger partial charge in [-0.2, -0.15) is 0 Å². The van der Waals surface area contributed by atoms with Gasteiger partial charge in [-0.15, -0.1) is 0 Å². The van der Waals surface area contributed by atoms with Crippen molar-refractivity contribution in [2.45, 2.75) is 0 Å². The highest BCUT2D eigenvalue weighted by Crippen LogP contribution is 2.49. The van der Waals surface area contributed by atoms with Crippen molar-refractivity contribution in [2.75, 3.05) is 4.90 Å². The summed E-state index contributed by atoms with van der Waals surface area (Å²) >= 11 is 0. The molecule has 0 saturated heterocycles. The highest BCUT2D eigenvalue weighted by Gasteiger charge is 2.24. The molecule has 2 nitrogen and oxygen atoms in total. The van der Waals surface area contributed by atoms with Gasteiger partial charge < -0.3 is 9.32 Å². The summed E-state index contributed by atoms with van der Waals surface area (Å²) in [4.78, 5) is 2.42. The third kappa shape index (κ3) is 5.44. The highest BCUT2D eigenvalue weighted by molar-refractivity contribution is 6.22. The van der Waals surface area contributed by atoms with Crippen molar-refractivity contribution in [1.29, 1.82) is 0 Å². The second kappa shape index (κ2) is 13.4. The third-order valence-electron chi connectivity index (χ3n) is 10.5. The van der Waals surface area contributed by atoms with Crippen LogP contribution in [0.4, 0.5) is 17.1 Å². The predicted octanol–water partition coefficient (Wildman–Crippen LogP) is 14.9. The van der Waals surface area contributed by atoms with Crippen molar-refractivity contribution in [3.8, 4) is 44.5 Å². The van der Waals surface area contributed by atoms with Gasteiger partial charge in [0.25, 0.3) is 0 Å². The van der Waals surface area contributed by atoms with Crippen LogP contribution in [0.3, 0.4) is 0 Å². The molecular formula is C52H35NO. The van der Waals surface area contributed by atoms with Gasteiger partial charge >= 0.3 is 0 Å². The van der Waals surface area contributed by atoms with Crippen molar-refractivity contribution in [3.05, 3.63) is 212 Å². The molecule has 1 heterocycles. The third-order valence-corrected chi connectivity index (χ3v) is 10.5. The minimum absolute atomic E-state index is 0.853. The van der Waals surface area contributed by atoms with Crippen LogP contribution in [0.15, 0.2) is 217 Å². The minimum Gasteiger partial charge on any atom is -0.455 e. The zero-order chi connectivity index (χ0) is 35.8. The zero-order valence-electron chi connectivity index (χ0n) is 29.6. The lowest BCUT2D eigenvalue weighted by atomic mass is 9.92. The van der Waals surface area contributed by atoms with Crippen LogP contribution >= 0.6 is 0 Å². The van der Waals surface area contributed by atoms with Crippen molar-refractivity contribution in [2.24, 2.45) is 0 Å². The molecule has 0 N–H and O–H groups in total. The second-order valence-corrected chi connectivity index (χ2v) is 13.6. The average Bonchev–Trinajstić information content (AvgIpc) is 3.65. The van der Waals surface area contributed by atoms with E-state index in [-0.39, 0.29) is 0 Å². The van der Waals surface area contributed by atoms with Crippen LogP contribution in [-0.2, 0) is 0 Å². The van der Waals surface area contributed by atoms with Gasteiger partial charge in [0, 0.05) is 22.0 Å². The summed E-state index contributed by atoms with van der Waals surface area (Å²) in [5, 5.41) is 4.44. The van der Waals surface area contributed by atoms with Crippen molar-refractivity contribution in [1.82, 2.24) is 0 Å². The molecular weight excluding hydrogens is 655 g/mol. The van der Waals surface area contributed by atoms with Crippen molar-refractivity contribution in [3.63, 3.8) is 0 Å². The van der Waals surface area contributed by atoms with Gasteiger partial charge in [0.1, 0.15) is 11.2 Å². The van der Waals surface area contributed by atoms with Crippen molar-refractivity contribution < 1.29 is 4.42 Å². The highest BCUT2D eigenvalue weighted by atomic mass is 16.3. The van der Waals surface area contributed by atoms with Gasteiger partial charge in [-0.3, -0.25) is 0 Å². The average molecular weight is 690 g/mol. The molecule has 0 spiro atoms. The summed E-state index contributed by atoms with van der Waals surface area (Å²) in [7, 11) is 0. The molecule has 9 aromatic carbocycles. The molecule has 0 atom stereocenters. The Bertz CT molecular complexity index is 2910. The largest absolute Gasteiger partial charge is 0.455 e. The molecule has 0 fully saturated rings. The lowest BCUT2D eigenvalue weighted by Gasteiger charge is -2.29. The van der Waals surface area contributed by atoms with Crippen molar-refractivity contribution >= 4 is 49.8 Å². The molecule has 0 saturated carbocycles. The van der Waals surface area contributed by atoms with Crippen LogP contribution in [0, 0.1) is 0 Å². The lowest BCUT2D eigenvalue weighted by molar-refractivity contribution is 0.672. The Morgan fingerprint density at radius 3 is 1.54 bits per heavy atom. The topological polar surface area (TPSA) is 16.4 Å². The molecule has 1 aromatic heterocycles. The minimum atomic E-state index is 0.853. The molecule has 0 bridgehead atoms. The number of rotatable bonds is 7. The monoisotopic (exact) mass is 689 g/mol. The Balaban J connectivity index is 1.26. The van der Waals surface area contributed by atoms with Crippen LogP contribution < -0.4 is 4.90 Å². The number of hydrogen-bond donors (Lipinski definition) is 0. The maximum absolute atomic E-state index is 6.86. The smallest absolute Gasteiger partial charge is 0.143 e. The summed E-state index contributed by atoms with van der Waals surface area (Å²) in [5.74, 6) is 0. The number of anilines is 3. The Morgan fingerprint density at radius 2 is 0.833 bits per heavy atom. The number of benzene rings is 9. The molecule has 254 valence electrons. The van der Waals surface area contributed by atoms with Gasteiger partial charge in [-0.05, 0) is 80.7 Å².